The number of hydrogen-bond acceptors (Lipinski definition) is 17. The molecule has 4 rings (SSSR count). The molecule has 33 heteroatoms. The zero-order valence-electron chi connectivity index (χ0n) is 47.2. The van der Waals surface area contributed by atoms with Crippen molar-refractivity contribution in [3.8, 4) is 5.75 Å². The van der Waals surface area contributed by atoms with Crippen LogP contribution in [0.25, 0.3) is 10.4 Å². The van der Waals surface area contributed by atoms with Crippen molar-refractivity contribution < 1.29 is 62.6 Å². The first-order chi connectivity index (χ1) is 41.5. The lowest BCUT2D eigenvalue weighted by molar-refractivity contribution is -0.136. The number of phenolic OH excluding ortho intramolecular Hbond substituents is 1. The van der Waals surface area contributed by atoms with Gasteiger partial charge in [-0.15, -0.1) is 0 Å². The summed E-state index contributed by atoms with van der Waals surface area (Å²) < 4.78 is 0. The lowest BCUT2D eigenvalue weighted by Gasteiger charge is -2.28. The topological polar surface area (TPSA) is 525 Å². The van der Waals surface area contributed by atoms with Crippen molar-refractivity contribution in [2.24, 2.45) is 38.8 Å². The van der Waals surface area contributed by atoms with E-state index in [2.05, 4.69) is 62.9 Å². The molecule has 3 aromatic carbocycles. The summed E-state index contributed by atoms with van der Waals surface area (Å²) in [6.45, 7) is -0.511. The summed E-state index contributed by atoms with van der Waals surface area (Å²) >= 11 is 0. The van der Waals surface area contributed by atoms with Crippen LogP contribution in [0.5, 0.6) is 5.75 Å². The first-order valence-electron chi connectivity index (χ1n) is 27.3. The maximum atomic E-state index is 14.6. The third-order valence-corrected chi connectivity index (χ3v) is 15.2. The smallest absolute Gasteiger partial charge is 0.251 e. The number of carbonyl (C=O) groups is 12. The van der Waals surface area contributed by atoms with Crippen molar-refractivity contribution in [1.29, 1.82) is 0 Å². The molecule has 3 aromatic rings. The number of hydrogen-bond donors (Lipinski definition) is 15. The minimum atomic E-state index is -1.86. The average Bonchev–Trinajstić information content (AvgIpc) is 3.38. The number of nitrogens with zero attached hydrogens (tertiary/aromatic N) is 4. The molecule has 0 spiro atoms. The highest BCUT2D eigenvalue weighted by molar-refractivity contribution is 8.76. The quantitative estimate of drug-likeness (QED) is 0.00726. The Morgan fingerprint density at radius 3 is 1.87 bits per heavy atom. The van der Waals surface area contributed by atoms with Crippen LogP contribution in [0.4, 0.5) is 5.69 Å². The van der Waals surface area contributed by atoms with Crippen molar-refractivity contribution in [3.05, 3.63) is 106 Å². The van der Waals surface area contributed by atoms with Crippen LogP contribution in [0.3, 0.4) is 0 Å². The number of amides is 12. The number of phenols is 1. The van der Waals surface area contributed by atoms with E-state index < -0.39 is 139 Å². The maximum absolute atomic E-state index is 14.6. The molecule has 1 aliphatic heterocycles. The molecule has 87 heavy (non-hydrogen) atoms. The van der Waals surface area contributed by atoms with E-state index in [-0.39, 0.29) is 98.9 Å². The van der Waals surface area contributed by atoms with Gasteiger partial charge < -0.3 is 81.6 Å². The number of primary amides is 3. The molecule has 7 atom stereocenters. The maximum Gasteiger partial charge on any atom is 0.251 e. The van der Waals surface area contributed by atoms with Gasteiger partial charge in [-0.25, -0.2) is 0 Å². The third kappa shape index (κ3) is 26.5. The molecule has 468 valence electrons. The van der Waals surface area contributed by atoms with Gasteiger partial charge in [0.2, 0.25) is 65.0 Å². The Bertz CT molecular complexity index is 2990. The molecule has 1 aliphatic rings. The summed E-state index contributed by atoms with van der Waals surface area (Å²) in [6, 6.07) is 9.26. The molecule has 12 amide bonds. The van der Waals surface area contributed by atoms with Crippen molar-refractivity contribution in [3.63, 3.8) is 0 Å². The Morgan fingerprint density at radius 1 is 0.644 bits per heavy atom. The molecule has 0 aromatic heterocycles. The van der Waals surface area contributed by atoms with E-state index in [9.17, 15) is 62.6 Å². The summed E-state index contributed by atoms with van der Waals surface area (Å²) in [4.78, 5) is 169. The second kappa shape index (κ2) is 36.9. The minimum Gasteiger partial charge on any atom is -0.508 e. The van der Waals surface area contributed by atoms with Gasteiger partial charge in [0.25, 0.3) is 5.91 Å². The summed E-state index contributed by atoms with van der Waals surface area (Å²) in [6.07, 6.45) is -2.08. The molecule has 7 unspecified atom stereocenters. The van der Waals surface area contributed by atoms with Crippen LogP contribution in [0, 0.1) is 0 Å². The van der Waals surface area contributed by atoms with Crippen LogP contribution in [-0.4, -0.2) is 155 Å². The predicted octanol–water partition coefficient (Wildman–Crippen LogP) is -2.31. The first kappa shape index (κ1) is 69.9. The molecule has 0 aliphatic carbocycles. The normalized spacial score (nSPS) is 18.5. The van der Waals surface area contributed by atoms with Crippen LogP contribution in [0.15, 0.2) is 89.0 Å². The van der Waals surface area contributed by atoms with Crippen LogP contribution < -0.4 is 76.5 Å². The Balaban J connectivity index is 1.71. The van der Waals surface area contributed by atoms with Gasteiger partial charge in [-0.05, 0) is 79.4 Å². The Labute approximate surface area is 507 Å². The van der Waals surface area contributed by atoms with E-state index in [4.69, 9.17) is 34.2 Å². The van der Waals surface area contributed by atoms with Gasteiger partial charge in [0, 0.05) is 66.4 Å². The monoisotopic (exact) mass is 1240 g/mol. The summed E-state index contributed by atoms with van der Waals surface area (Å²) in [5.74, 6) is -11.4. The number of rotatable bonds is 27. The predicted molar refractivity (Wildman–Crippen MR) is 321 cm³/mol. The van der Waals surface area contributed by atoms with Crippen molar-refractivity contribution >= 4 is 104 Å². The number of aromatic hydroxyl groups is 1. The van der Waals surface area contributed by atoms with Gasteiger partial charge in [-0.2, -0.15) is 0 Å². The van der Waals surface area contributed by atoms with E-state index in [1.807, 2.05) is 0 Å². The van der Waals surface area contributed by atoms with Crippen molar-refractivity contribution in [2.75, 3.05) is 31.1 Å². The van der Waals surface area contributed by atoms with Gasteiger partial charge in [0.15, 0.2) is 5.96 Å². The van der Waals surface area contributed by atoms with E-state index >= 15 is 0 Å². The Kier molecular flexibility index (Phi) is 29.7. The highest BCUT2D eigenvalue weighted by Crippen LogP contribution is 2.24. The fourth-order valence-corrected chi connectivity index (χ4v) is 10.5. The standard InChI is InChI=1S/C54H72N18O13S2/c55-42(74)20-19-37-49(81)69-40(27-43(56)75)52(84)70-41(29-87-86-24-21-45(77)64-38(26-31-11-17-34(73)18-12-31)50(82)68-39(51(83)67-37)25-30-7-2-1-3-8-30)53(85)66-36(9-4-5-22-61-46(78)32-13-15-33(16-14-32)71-72-60)48(80)65-35(10-6-23-62-54(58)59)47(79)63-28-44(57)76/h1-3,7-8,11-18,35-41,73H,4-6,9-10,19-29H2,(H2,55,74)(H2,56,75)(H2,57,76)(H,61,78)(H,63,79)(H,64,77)(H,65,80)(H,66,85)(H,67,83)(H,68,82)(H,69,81)(H,70,84)(H4,58,59,62). The van der Waals surface area contributed by atoms with Gasteiger partial charge in [0.1, 0.15) is 48.0 Å². The van der Waals surface area contributed by atoms with Crippen LogP contribution in [0.2, 0.25) is 0 Å². The van der Waals surface area contributed by atoms with Crippen LogP contribution in [-0.2, 0) is 65.6 Å². The lowest BCUT2D eigenvalue weighted by atomic mass is 10.0. The number of guanidine groups is 1. The summed E-state index contributed by atoms with van der Waals surface area (Å²) in [5.41, 5.74) is 37.5. The largest absolute Gasteiger partial charge is 0.508 e. The van der Waals surface area contributed by atoms with Crippen LogP contribution in [0.1, 0.15) is 79.3 Å². The zero-order valence-corrected chi connectivity index (χ0v) is 48.8. The van der Waals surface area contributed by atoms with E-state index in [0.717, 1.165) is 21.6 Å². The highest BCUT2D eigenvalue weighted by Gasteiger charge is 2.35. The fourth-order valence-electron chi connectivity index (χ4n) is 8.34. The molecule has 0 radical (unpaired) electrons. The van der Waals surface area contributed by atoms with Crippen molar-refractivity contribution in [1.82, 2.24) is 47.9 Å². The third-order valence-electron chi connectivity index (χ3n) is 12.8. The second-order valence-electron chi connectivity index (χ2n) is 19.7. The van der Waals surface area contributed by atoms with Gasteiger partial charge in [-0.1, -0.05) is 81.3 Å². The van der Waals surface area contributed by atoms with E-state index in [0.29, 0.717) is 11.1 Å². The summed E-state index contributed by atoms with van der Waals surface area (Å²) in [7, 11) is 2.04. The van der Waals surface area contributed by atoms with Crippen LogP contribution >= 0.6 is 21.6 Å². The first-order valence-corrected chi connectivity index (χ1v) is 29.8. The van der Waals surface area contributed by atoms with Gasteiger partial charge in [-0.3, -0.25) is 62.5 Å². The fraction of sp³-hybridized carbons (Fsp3) is 0.426. The molecule has 0 saturated carbocycles. The molecule has 0 bridgehead atoms. The average molecular weight is 1250 g/mol. The van der Waals surface area contributed by atoms with Gasteiger partial charge >= 0.3 is 0 Å². The number of azide groups is 1. The lowest BCUT2D eigenvalue weighted by Crippen LogP contribution is -2.61. The Morgan fingerprint density at radius 2 is 1.24 bits per heavy atom. The number of nitrogens with two attached hydrogens (primary N) is 5. The number of nitrogens with one attached hydrogen (secondary N) is 9. The molecule has 20 N–H and O–H groups in total. The second-order valence-corrected chi connectivity index (χ2v) is 22.3. The molecular weight excluding hydrogens is 1170 g/mol. The highest BCUT2D eigenvalue weighted by atomic mass is 33.1. The molecule has 1 saturated heterocycles. The van der Waals surface area contributed by atoms with Crippen molar-refractivity contribution in [2.45, 2.75) is 113 Å². The number of unbranched alkanes of at least 4 members (excludes halogenated alkanes) is 1. The number of carbonyl (C=O) groups excluding carboxylic acids is 12. The van der Waals surface area contributed by atoms with E-state index in [1.54, 1.807) is 30.3 Å². The molecule has 31 nitrogen and oxygen atoms in total. The molecular formula is C54H72N18O13S2. The molecule has 1 heterocycles. The minimum absolute atomic E-state index is 0.0249. The number of aliphatic imine (C=N–C) groups is 1. The van der Waals surface area contributed by atoms with Gasteiger partial charge in [0.05, 0.1) is 13.0 Å². The summed E-state index contributed by atoms with van der Waals surface area (Å²) in [5, 5.41) is 36.5. The Hall–Kier alpha value is -9.62. The SMILES string of the molecule is [N-]=[N+]=Nc1ccc(C(=O)NCCCCC(NC(=O)C2CSSCCC(=O)NC(Cc3ccc(O)cc3)C(=O)NC(Cc3ccccc3)C(=O)NC(CCC(N)=O)C(=O)NC(CC(N)=O)C(=O)N2)C(=O)NC(CCCN=C(N)N)C(=O)NCC(N)=O)cc1. The van der Waals surface area contributed by atoms with E-state index in [1.165, 1.54) is 48.5 Å². The molecule has 1 fully saturated rings. The number of benzene rings is 3. The zero-order chi connectivity index (χ0) is 63.8.